The molecule has 2 aromatic carbocycles. The molecule has 2 amide bonds. The van der Waals surface area contributed by atoms with Crippen molar-refractivity contribution in [3.63, 3.8) is 0 Å². The number of benzene rings is 2. The van der Waals surface area contributed by atoms with E-state index in [0.717, 1.165) is 4.31 Å². The third kappa shape index (κ3) is 3.56. The minimum Gasteiger partial charge on any atom is -0.504 e. The van der Waals surface area contributed by atoms with Gasteiger partial charge >= 0.3 is 6.03 Å². The first-order chi connectivity index (χ1) is 12.7. The van der Waals surface area contributed by atoms with Gasteiger partial charge in [-0.2, -0.15) is 0 Å². The molecule has 2 aromatic rings. The lowest BCUT2D eigenvalue weighted by Crippen LogP contribution is -2.32. The molecule has 3 rings (SSSR count). The van der Waals surface area contributed by atoms with Crippen LogP contribution in [-0.2, 0) is 10.0 Å². The molecule has 1 heterocycles. The van der Waals surface area contributed by atoms with Crippen molar-refractivity contribution in [2.45, 2.75) is 11.8 Å². The summed E-state index contributed by atoms with van der Waals surface area (Å²) in [7, 11) is -4.05. The van der Waals surface area contributed by atoms with Crippen LogP contribution < -0.4 is 10.6 Å². The van der Waals surface area contributed by atoms with E-state index in [4.69, 9.17) is 11.6 Å². The number of aromatic hydroxyl groups is 1. The first kappa shape index (κ1) is 19.0. The van der Waals surface area contributed by atoms with E-state index in [1.165, 1.54) is 43.5 Å². The van der Waals surface area contributed by atoms with E-state index in [9.17, 15) is 22.7 Å². The van der Waals surface area contributed by atoms with Crippen LogP contribution in [0.4, 0.5) is 20.6 Å². The maximum Gasteiger partial charge on any atom is 0.323 e. The Morgan fingerprint density at radius 3 is 2.52 bits per heavy atom. The molecule has 1 aliphatic heterocycles. The predicted molar refractivity (Wildman–Crippen MR) is 99.9 cm³/mol. The third-order valence-corrected chi connectivity index (χ3v) is 6.22. The molecule has 0 saturated heterocycles. The molecule has 0 radical (unpaired) electrons. The zero-order chi connectivity index (χ0) is 19.8. The van der Waals surface area contributed by atoms with Crippen molar-refractivity contribution in [3.8, 4) is 5.75 Å². The Morgan fingerprint density at radius 1 is 1.22 bits per heavy atom. The lowest BCUT2D eigenvalue weighted by molar-refractivity contribution is 0.262. The van der Waals surface area contributed by atoms with Gasteiger partial charge in [-0.05, 0) is 37.3 Å². The van der Waals surface area contributed by atoms with Crippen LogP contribution in [0, 0.1) is 12.7 Å². The molecule has 0 unspecified atom stereocenters. The second-order valence-electron chi connectivity index (χ2n) is 5.72. The standard InChI is InChI=1S/C17H15ClFN3O4S/c1-10-12(19)4-2-5-13(10)20-17(24)21-14-7-6-11(18)16(15(14)23)27(25,26)22-8-3-9-22/h2-8,23H,9H2,1H3,(H2,20,21,24). The molecule has 27 heavy (non-hydrogen) atoms. The number of phenols is 1. The third-order valence-electron chi connectivity index (χ3n) is 3.97. The number of phenolic OH excluding ortho intramolecular Hbond substituents is 1. The summed E-state index contributed by atoms with van der Waals surface area (Å²) in [5, 5.41) is 15.0. The Morgan fingerprint density at radius 2 is 1.89 bits per heavy atom. The van der Waals surface area contributed by atoms with E-state index in [1.807, 2.05) is 0 Å². The van der Waals surface area contributed by atoms with Crippen LogP contribution in [-0.4, -0.2) is 30.4 Å². The average Bonchev–Trinajstić information content (AvgIpc) is 2.52. The summed E-state index contributed by atoms with van der Waals surface area (Å²) in [5.74, 6) is -1.17. The Balaban J connectivity index is 1.87. The average molecular weight is 412 g/mol. The number of rotatable bonds is 4. The maximum atomic E-state index is 13.6. The Hall–Kier alpha value is -2.78. The summed E-state index contributed by atoms with van der Waals surface area (Å²) in [6.45, 7) is 1.66. The molecule has 0 aliphatic carbocycles. The highest BCUT2D eigenvalue weighted by Crippen LogP contribution is 2.39. The highest BCUT2D eigenvalue weighted by Gasteiger charge is 2.31. The molecule has 142 valence electrons. The van der Waals surface area contributed by atoms with Crippen LogP contribution in [0.1, 0.15) is 5.56 Å². The quantitative estimate of drug-likeness (QED) is 0.668. The van der Waals surface area contributed by atoms with E-state index in [2.05, 4.69) is 10.6 Å². The van der Waals surface area contributed by atoms with E-state index in [-0.39, 0.29) is 28.5 Å². The zero-order valence-corrected chi connectivity index (χ0v) is 15.6. The van der Waals surface area contributed by atoms with E-state index in [0.29, 0.717) is 0 Å². The number of amides is 2. The summed E-state index contributed by atoms with van der Waals surface area (Å²) in [6, 6.07) is 5.93. The number of nitrogens with one attached hydrogen (secondary N) is 2. The largest absolute Gasteiger partial charge is 0.504 e. The molecule has 0 bridgehead atoms. The van der Waals surface area contributed by atoms with Gasteiger partial charge in [0.1, 0.15) is 10.7 Å². The van der Waals surface area contributed by atoms with E-state index in [1.54, 1.807) is 6.08 Å². The molecule has 0 aromatic heterocycles. The van der Waals surface area contributed by atoms with Gasteiger partial charge in [-0.25, -0.2) is 17.6 Å². The Kier molecular flexibility index (Phi) is 4.99. The van der Waals surface area contributed by atoms with Crippen molar-refractivity contribution in [2.24, 2.45) is 0 Å². The Labute approximate surface area is 160 Å². The first-order valence-corrected chi connectivity index (χ1v) is 9.56. The van der Waals surface area contributed by atoms with Crippen molar-refractivity contribution >= 4 is 39.0 Å². The van der Waals surface area contributed by atoms with Crippen molar-refractivity contribution < 1.29 is 22.7 Å². The molecule has 0 spiro atoms. The van der Waals surface area contributed by atoms with Crippen LogP contribution in [0.3, 0.4) is 0 Å². The minimum atomic E-state index is -4.05. The fraction of sp³-hybridized carbons (Fsp3) is 0.118. The van der Waals surface area contributed by atoms with Crippen LogP contribution >= 0.6 is 11.6 Å². The number of halogens is 2. The molecule has 0 fully saturated rings. The van der Waals surface area contributed by atoms with Crippen LogP contribution in [0.25, 0.3) is 0 Å². The number of urea groups is 1. The van der Waals surface area contributed by atoms with Crippen molar-refractivity contribution in [2.75, 3.05) is 17.2 Å². The second-order valence-corrected chi connectivity index (χ2v) is 7.96. The maximum absolute atomic E-state index is 13.6. The molecule has 3 N–H and O–H groups in total. The molecular weight excluding hydrogens is 397 g/mol. The van der Waals surface area contributed by atoms with Gasteiger partial charge in [0.05, 0.1) is 17.3 Å². The van der Waals surface area contributed by atoms with Crippen molar-refractivity contribution in [1.29, 1.82) is 0 Å². The summed E-state index contributed by atoms with van der Waals surface area (Å²) < 4.78 is 39.6. The highest BCUT2D eigenvalue weighted by molar-refractivity contribution is 7.89. The Bertz CT molecular complexity index is 1060. The fourth-order valence-electron chi connectivity index (χ4n) is 2.40. The monoisotopic (exact) mass is 411 g/mol. The van der Waals surface area contributed by atoms with Gasteiger partial charge in [-0.15, -0.1) is 0 Å². The molecule has 1 aliphatic rings. The number of carbonyl (C=O) groups is 1. The van der Waals surface area contributed by atoms with Gasteiger partial charge in [0, 0.05) is 17.5 Å². The normalized spacial score (nSPS) is 13.2. The van der Waals surface area contributed by atoms with Gasteiger partial charge in [0.15, 0.2) is 5.75 Å². The molecule has 0 saturated carbocycles. The van der Waals surface area contributed by atoms with Gasteiger partial charge in [0.2, 0.25) is 0 Å². The lowest BCUT2D eigenvalue weighted by atomic mass is 10.2. The number of carbonyl (C=O) groups excluding carboxylic acids is 1. The van der Waals surface area contributed by atoms with Crippen LogP contribution in [0.15, 0.2) is 47.5 Å². The van der Waals surface area contributed by atoms with Gasteiger partial charge in [-0.3, -0.25) is 4.31 Å². The van der Waals surface area contributed by atoms with E-state index < -0.39 is 32.5 Å². The molecule has 7 nitrogen and oxygen atoms in total. The number of nitrogens with zero attached hydrogens (tertiary/aromatic N) is 1. The zero-order valence-electron chi connectivity index (χ0n) is 14.0. The summed E-state index contributed by atoms with van der Waals surface area (Å²) in [5.41, 5.74) is 0.314. The van der Waals surface area contributed by atoms with Gasteiger partial charge < -0.3 is 15.7 Å². The minimum absolute atomic E-state index is 0.158. The molecule has 10 heteroatoms. The summed E-state index contributed by atoms with van der Waals surface area (Å²) in [6.07, 6.45) is 2.96. The SMILES string of the molecule is Cc1c(F)cccc1NC(=O)Nc1ccc(Cl)c(S(=O)(=O)N2C=CC2)c1O. The van der Waals surface area contributed by atoms with Crippen LogP contribution in [0.2, 0.25) is 5.02 Å². The topological polar surface area (TPSA) is 98.7 Å². The smallest absolute Gasteiger partial charge is 0.323 e. The van der Waals surface area contributed by atoms with Crippen molar-refractivity contribution in [1.82, 2.24) is 4.31 Å². The first-order valence-electron chi connectivity index (χ1n) is 7.75. The van der Waals surface area contributed by atoms with Crippen molar-refractivity contribution in [3.05, 3.63) is 59.0 Å². The highest BCUT2D eigenvalue weighted by atomic mass is 35.5. The lowest BCUT2D eigenvalue weighted by Gasteiger charge is -2.26. The summed E-state index contributed by atoms with van der Waals surface area (Å²) in [4.78, 5) is 11.7. The molecular formula is C17H15ClFN3O4S. The van der Waals surface area contributed by atoms with E-state index >= 15 is 0 Å². The summed E-state index contributed by atoms with van der Waals surface area (Å²) >= 11 is 5.96. The number of hydrogen-bond acceptors (Lipinski definition) is 4. The number of anilines is 2. The van der Waals surface area contributed by atoms with Gasteiger partial charge in [-0.1, -0.05) is 17.7 Å². The molecule has 0 atom stereocenters. The predicted octanol–water partition coefficient (Wildman–Crippen LogP) is 3.66. The second kappa shape index (κ2) is 7.09. The van der Waals surface area contributed by atoms with Crippen LogP contribution in [0.5, 0.6) is 5.75 Å². The number of hydrogen-bond donors (Lipinski definition) is 3. The number of sulfonamides is 1. The fourth-order valence-corrected chi connectivity index (χ4v) is 4.28. The van der Waals surface area contributed by atoms with Gasteiger partial charge in [0.25, 0.3) is 10.0 Å².